The maximum absolute atomic E-state index is 12.2. The van der Waals surface area contributed by atoms with E-state index in [1.54, 1.807) is 17.8 Å². The number of nitrogens with zero attached hydrogens (tertiary/aromatic N) is 3. The van der Waals surface area contributed by atoms with Crippen LogP contribution in [0, 0.1) is 11.3 Å². The Hall–Kier alpha value is -2.17. The third-order valence-corrected chi connectivity index (χ3v) is 5.03. The van der Waals surface area contributed by atoms with Crippen LogP contribution in [0.15, 0.2) is 34.2 Å². The van der Waals surface area contributed by atoms with Crippen LogP contribution < -0.4 is 5.32 Å². The summed E-state index contributed by atoms with van der Waals surface area (Å²) in [6.07, 6.45) is 1.57. The molecule has 1 aromatic carbocycles. The Kier molecular flexibility index (Phi) is 6.53. The Labute approximate surface area is 149 Å². The van der Waals surface area contributed by atoms with Crippen molar-refractivity contribution in [1.82, 2.24) is 10.2 Å². The molecule has 0 radical (unpaired) electrons. The zero-order valence-electron chi connectivity index (χ0n) is 13.7. The molecule has 7 heteroatoms. The first-order valence-electron chi connectivity index (χ1n) is 7.53. The van der Waals surface area contributed by atoms with Crippen LogP contribution in [0.25, 0.3) is 6.08 Å². The number of amides is 1. The second-order valence-corrected chi connectivity index (χ2v) is 7.74. The van der Waals surface area contributed by atoms with Crippen molar-refractivity contribution in [2.24, 2.45) is 0 Å². The molecule has 0 aliphatic heterocycles. The number of hydrogen-bond acceptors (Lipinski definition) is 6. The Bertz CT molecular complexity index is 773. The maximum atomic E-state index is 12.2. The summed E-state index contributed by atoms with van der Waals surface area (Å²) in [5, 5.41) is 20.1. The van der Waals surface area contributed by atoms with Gasteiger partial charge < -0.3 is 0 Å². The average Bonchev–Trinajstić information content (AvgIpc) is 3.00. The zero-order valence-corrected chi connectivity index (χ0v) is 15.4. The molecule has 0 unspecified atom stereocenters. The van der Waals surface area contributed by atoms with Crippen LogP contribution in [0.4, 0.5) is 5.13 Å². The van der Waals surface area contributed by atoms with Crippen molar-refractivity contribution in [3.05, 3.63) is 41.0 Å². The molecular formula is C17H18N4OS2. The number of hydrogen-bond donors (Lipinski definition) is 1. The predicted molar refractivity (Wildman–Crippen MR) is 99.1 cm³/mol. The number of anilines is 1. The van der Waals surface area contributed by atoms with Crippen molar-refractivity contribution in [1.29, 1.82) is 5.26 Å². The van der Waals surface area contributed by atoms with Gasteiger partial charge in [0.15, 0.2) is 4.34 Å². The molecule has 0 saturated carbocycles. The van der Waals surface area contributed by atoms with Crippen LogP contribution in [0.1, 0.15) is 37.8 Å². The minimum Gasteiger partial charge on any atom is -0.296 e. The first-order chi connectivity index (χ1) is 11.5. The summed E-state index contributed by atoms with van der Waals surface area (Å²) in [5.41, 5.74) is 2.06. The molecule has 2 rings (SSSR count). The molecule has 1 heterocycles. The lowest BCUT2D eigenvalue weighted by Crippen LogP contribution is -2.13. The van der Waals surface area contributed by atoms with E-state index in [0.29, 0.717) is 11.0 Å². The van der Waals surface area contributed by atoms with Gasteiger partial charge in [0.05, 0.1) is 0 Å². The fourth-order valence-corrected chi connectivity index (χ4v) is 3.54. The fraction of sp³-hybridized carbons (Fsp3) is 0.294. The van der Waals surface area contributed by atoms with Crippen molar-refractivity contribution >= 4 is 40.2 Å². The van der Waals surface area contributed by atoms with Gasteiger partial charge in [-0.1, -0.05) is 68.1 Å². The molecule has 24 heavy (non-hydrogen) atoms. The van der Waals surface area contributed by atoms with Crippen LogP contribution in [-0.4, -0.2) is 21.9 Å². The lowest BCUT2D eigenvalue weighted by Gasteiger charge is -2.05. The van der Waals surface area contributed by atoms with Gasteiger partial charge in [-0.25, -0.2) is 0 Å². The maximum Gasteiger partial charge on any atom is 0.268 e. The fourth-order valence-electron chi connectivity index (χ4n) is 1.90. The standard InChI is InChI=1S/C17H18N4OS2/c1-4-23-17-21-20-16(24-17)19-15(22)14(10-18)9-12-5-7-13(8-6-12)11(2)3/h5-9,11H,4H2,1-3H3,(H,19,20,22)/b14-9+. The summed E-state index contributed by atoms with van der Waals surface area (Å²) in [5.74, 6) is 0.849. The number of aromatic nitrogens is 2. The van der Waals surface area contributed by atoms with Crippen molar-refractivity contribution in [2.45, 2.75) is 31.0 Å². The number of carbonyl (C=O) groups is 1. The van der Waals surface area contributed by atoms with Crippen molar-refractivity contribution in [3.63, 3.8) is 0 Å². The van der Waals surface area contributed by atoms with E-state index in [1.807, 2.05) is 37.3 Å². The van der Waals surface area contributed by atoms with Crippen LogP contribution in [0.5, 0.6) is 0 Å². The Morgan fingerprint density at radius 1 is 1.38 bits per heavy atom. The van der Waals surface area contributed by atoms with Gasteiger partial charge in [0, 0.05) is 0 Å². The number of thioether (sulfide) groups is 1. The molecule has 0 aliphatic carbocycles. The highest BCUT2D eigenvalue weighted by Gasteiger charge is 2.13. The van der Waals surface area contributed by atoms with Crippen molar-refractivity contribution in [3.8, 4) is 6.07 Å². The Morgan fingerprint density at radius 3 is 2.67 bits per heavy atom. The van der Waals surface area contributed by atoms with Gasteiger partial charge >= 0.3 is 0 Å². The third-order valence-electron chi connectivity index (χ3n) is 3.17. The van der Waals surface area contributed by atoms with E-state index in [0.717, 1.165) is 15.7 Å². The van der Waals surface area contributed by atoms with E-state index in [1.165, 1.54) is 16.9 Å². The lowest BCUT2D eigenvalue weighted by molar-refractivity contribution is -0.112. The van der Waals surface area contributed by atoms with E-state index < -0.39 is 5.91 Å². The molecule has 2 aromatic rings. The van der Waals surface area contributed by atoms with Gasteiger partial charge in [-0.05, 0) is 28.9 Å². The third kappa shape index (κ3) is 4.91. The average molecular weight is 358 g/mol. The monoisotopic (exact) mass is 358 g/mol. The number of rotatable bonds is 6. The van der Waals surface area contributed by atoms with Crippen molar-refractivity contribution in [2.75, 3.05) is 11.1 Å². The Morgan fingerprint density at radius 2 is 2.08 bits per heavy atom. The highest BCUT2D eigenvalue weighted by atomic mass is 32.2. The van der Waals surface area contributed by atoms with E-state index in [4.69, 9.17) is 0 Å². The summed E-state index contributed by atoms with van der Waals surface area (Å²) in [6, 6.07) is 9.75. The summed E-state index contributed by atoms with van der Waals surface area (Å²) in [4.78, 5) is 12.2. The summed E-state index contributed by atoms with van der Waals surface area (Å²) >= 11 is 2.85. The number of carbonyl (C=O) groups excluding carboxylic acids is 1. The van der Waals surface area contributed by atoms with Crippen LogP contribution in [0.2, 0.25) is 0 Å². The number of nitriles is 1. The van der Waals surface area contributed by atoms with E-state index in [-0.39, 0.29) is 5.57 Å². The van der Waals surface area contributed by atoms with Crippen LogP contribution >= 0.6 is 23.1 Å². The van der Waals surface area contributed by atoms with Gasteiger partial charge in [0.1, 0.15) is 11.6 Å². The minimum absolute atomic E-state index is 0.0344. The molecule has 0 fully saturated rings. The highest BCUT2D eigenvalue weighted by Crippen LogP contribution is 2.25. The molecule has 1 aromatic heterocycles. The molecule has 0 aliphatic rings. The van der Waals surface area contributed by atoms with Gasteiger partial charge in [-0.3, -0.25) is 10.1 Å². The smallest absolute Gasteiger partial charge is 0.268 e. The van der Waals surface area contributed by atoms with Gasteiger partial charge in [-0.2, -0.15) is 5.26 Å². The lowest BCUT2D eigenvalue weighted by atomic mass is 10.0. The van der Waals surface area contributed by atoms with E-state index in [2.05, 4.69) is 29.4 Å². The number of nitrogens with one attached hydrogen (secondary N) is 1. The zero-order chi connectivity index (χ0) is 17.5. The topological polar surface area (TPSA) is 78.7 Å². The molecule has 0 bridgehead atoms. The van der Waals surface area contributed by atoms with E-state index in [9.17, 15) is 10.1 Å². The molecular weight excluding hydrogens is 340 g/mol. The first-order valence-corrected chi connectivity index (χ1v) is 9.33. The quantitative estimate of drug-likeness (QED) is 0.360. The van der Waals surface area contributed by atoms with Gasteiger partial charge in [0.2, 0.25) is 5.13 Å². The molecule has 0 spiro atoms. The summed E-state index contributed by atoms with van der Waals surface area (Å²) in [7, 11) is 0. The normalized spacial score (nSPS) is 11.4. The van der Waals surface area contributed by atoms with Crippen LogP contribution in [-0.2, 0) is 4.79 Å². The molecule has 124 valence electrons. The van der Waals surface area contributed by atoms with Gasteiger partial charge in [-0.15, -0.1) is 10.2 Å². The largest absolute Gasteiger partial charge is 0.296 e. The number of benzene rings is 1. The SMILES string of the molecule is CCSc1nnc(NC(=O)/C(C#N)=C/c2ccc(C(C)C)cc2)s1. The highest BCUT2D eigenvalue weighted by molar-refractivity contribution is 8.01. The first kappa shape index (κ1) is 18.2. The molecule has 1 amide bonds. The Balaban J connectivity index is 2.11. The van der Waals surface area contributed by atoms with E-state index >= 15 is 0 Å². The van der Waals surface area contributed by atoms with Gasteiger partial charge in [0.25, 0.3) is 5.91 Å². The summed E-state index contributed by atoms with van der Waals surface area (Å²) in [6.45, 7) is 6.25. The molecule has 5 nitrogen and oxygen atoms in total. The van der Waals surface area contributed by atoms with Crippen LogP contribution in [0.3, 0.4) is 0 Å². The molecule has 0 atom stereocenters. The van der Waals surface area contributed by atoms with Crippen molar-refractivity contribution < 1.29 is 4.79 Å². The minimum atomic E-state index is -0.477. The predicted octanol–water partition coefficient (Wildman–Crippen LogP) is 4.32. The molecule has 1 N–H and O–H groups in total. The second kappa shape index (κ2) is 8.62. The molecule has 0 saturated heterocycles. The summed E-state index contributed by atoms with van der Waals surface area (Å²) < 4.78 is 0.791. The second-order valence-electron chi connectivity index (χ2n) is 5.25.